The maximum Gasteiger partial charge on any atom is 0.240 e. The smallest absolute Gasteiger partial charge is 0.240 e. The van der Waals surface area contributed by atoms with Crippen LogP contribution in [-0.2, 0) is 16.4 Å². The fraction of sp³-hybridized carbons (Fsp3) is 0.316. The van der Waals surface area contributed by atoms with E-state index >= 15 is 0 Å². The third kappa shape index (κ3) is 6.08. The Morgan fingerprint density at radius 2 is 1.71 bits per heavy atom. The summed E-state index contributed by atoms with van der Waals surface area (Å²) in [5.41, 5.74) is 1.80. The van der Waals surface area contributed by atoms with Crippen molar-refractivity contribution < 1.29 is 17.9 Å². The second kappa shape index (κ2) is 10.3. The van der Waals surface area contributed by atoms with E-state index in [1.54, 1.807) is 33.3 Å². The molecule has 0 atom stereocenters. The first-order chi connectivity index (χ1) is 13.4. The highest BCUT2D eigenvalue weighted by Crippen LogP contribution is 2.27. The van der Waals surface area contributed by atoms with E-state index in [4.69, 9.17) is 21.7 Å². The quantitative estimate of drug-likeness (QED) is 0.534. The number of benzene rings is 2. The molecule has 0 saturated heterocycles. The van der Waals surface area contributed by atoms with Crippen molar-refractivity contribution in [1.29, 1.82) is 0 Å². The van der Waals surface area contributed by atoms with Crippen molar-refractivity contribution >= 4 is 33.0 Å². The second-order valence-electron chi connectivity index (χ2n) is 5.85. The Kier molecular flexibility index (Phi) is 8.04. The van der Waals surface area contributed by atoms with Gasteiger partial charge in [0.05, 0.1) is 19.1 Å². The molecule has 0 radical (unpaired) electrons. The summed E-state index contributed by atoms with van der Waals surface area (Å²) in [6.07, 6.45) is 0.752. The summed E-state index contributed by atoms with van der Waals surface area (Å²) in [5.74, 6) is 1.38. The lowest BCUT2D eigenvalue weighted by molar-refractivity contribution is 0.354. The van der Waals surface area contributed by atoms with Gasteiger partial charge in [0.15, 0.2) is 16.6 Å². The molecule has 3 N–H and O–H groups in total. The van der Waals surface area contributed by atoms with E-state index in [-0.39, 0.29) is 4.90 Å². The van der Waals surface area contributed by atoms with Gasteiger partial charge in [0.1, 0.15) is 0 Å². The van der Waals surface area contributed by atoms with Gasteiger partial charge in [0.25, 0.3) is 0 Å². The molecular weight excluding hydrogens is 398 g/mol. The van der Waals surface area contributed by atoms with Gasteiger partial charge in [-0.1, -0.05) is 13.0 Å². The van der Waals surface area contributed by atoms with Crippen molar-refractivity contribution in [1.82, 2.24) is 10.0 Å². The highest BCUT2D eigenvalue weighted by Gasteiger charge is 2.12. The van der Waals surface area contributed by atoms with E-state index in [0.717, 1.165) is 12.0 Å². The van der Waals surface area contributed by atoms with Crippen molar-refractivity contribution in [2.75, 3.05) is 32.6 Å². The van der Waals surface area contributed by atoms with Crippen LogP contribution in [0, 0.1) is 0 Å². The number of nitrogens with one attached hydrogen (secondary N) is 3. The van der Waals surface area contributed by atoms with Gasteiger partial charge in [-0.15, -0.1) is 0 Å². The SMILES string of the molecule is CCNS(=O)(=O)c1ccc(NC(=S)NCCc2ccc(OC)c(OC)c2)cc1. The molecule has 0 fully saturated rings. The Balaban J connectivity index is 1.86. The van der Waals surface area contributed by atoms with Gasteiger partial charge in [-0.2, -0.15) is 0 Å². The van der Waals surface area contributed by atoms with Crippen LogP contribution in [-0.4, -0.2) is 40.8 Å². The highest BCUT2D eigenvalue weighted by molar-refractivity contribution is 7.89. The van der Waals surface area contributed by atoms with Gasteiger partial charge in [0, 0.05) is 18.8 Å². The summed E-state index contributed by atoms with van der Waals surface area (Å²) >= 11 is 5.29. The van der Waals surface area contributed by atoms with Gasteiger partial charge in [-0.25, -0.2) is 13.1 Å². The lowest BCUT2D eigenvalue weighted by Crippen LogP contribution is -2.30. The van der Waals surface area contributed by atoms with Crippen LogP contribution >= 0.6 is 12.2 Å². The maximum atomic E-state index is 11.9. The lowest BCUT2D eigenvalue weighted by Gasteiger charge is -2.12. The molecule has 0 unspecified atom stereocenters. The van der Waals surface area contributed by atoms with E-state index in [0.29, 0.717) is 35.4 Å². The zero-order valence-electron chi connectivity index (χ0n) is 16.1. The van der Waals surface area contributed by atoms with E-state index in [9.17, 15) is 8.42 Å². The maximum absolute atomic E-state index is 11.9. The molecule has 2 aromatic carbocycles. The highest BCUT2D eigenvalue weighted by atomic mass is 32.2. The van der Waals surface area contributed by atoms with Gasteiger partial charge in [-0.3, -0.25) is 0 Å². The van der Waals surface area contributed by atoms with E-state index in [1.807, 2.05) is 18.2 Å². The summed E-state index contributed by atoms with van der Waals surface area (Å²) in [5, 5.41) is 6.63. The fourth-order valence-electron chi connectivity index (χ4n) is 2.52. The molecule has 0 spiro atoms. The van der Waals surface area contributed by atoms with Gasteiger partial charge < -0.3 is 20.1 Å². The van der Waals surface area contributed by atoms with Gasteiger partial charge in [0.2, 0.25) is 10.0 Å². The third-order valence-corrected chi connectivity index (χ3v) is 5.71. The fourth-order valence-corrected chi connectivity index (χ4v) is 3.78. The Morgan fingerprint density at radius 3 is 2.32 bits per heavy atom. The third-order valence-electron chi connectivity index (χ3n) is 3.90. The van der Waals surface area contributed by atoms with Crippen LogP contribution in [0.3, 0.4) is 0 Å². The Hall–Kier alpha value is -2.36. The van der Waals surface area contributed by atoms with Crippen LogP contribution in [0.15, 0.2) is 47.4 Å². The molecule has 0 aliphatic heterocycles. The first-order valence-corrected chi connectivity index (χ1v) is 10.6. The first-order valence-electron chi connectivity index (χ1n) is 8.75. The molecule has 0 heterocycles. The number of thiocarbonyl (C=S) groups is 1. The minimum absolute atomic E-state index is 0.215. The Bertz CT molecular complexity index is 900. The number of methoxy groups -OCH3 is 2. The largest absolute Gasteiger partial charge is 0.493 e. The molecule has 0 aliphatic carbocycles. The number of rotatable bonds is 9. The molecule has 0 aliphatic rings. The Labute approximate surface area is 171 Å². The van der Waals surface area contributed by atoms with Crippen LogP contribution < -0.4 is 24.8 Å². The van der Waals surface area contributed by atoms with Crippen LogP contribution in [0.4, 0.5) is 5.69 Å². The molecule has 0 bridgehead atoms. The number of ether oxygens (including phenoxy) is 2. The van der Waals surface area contributed by atoms with Crippen molar-refractivity contribution in [3.63, 3.8) is 0 Å². The zero-order valence-corrected chi connectivity index (χ0v) is 17.7. The van der Waals surface area contributed by atoms with E-state index in [2.05, 4.69) is 15.4 Å². The van der Waals surface area contributed by atoms with Gasteiger partial charge >= 0.3 is 0 Å². The van der Waals surface area contributed by atoms with Crippen LogP contribution in [0.2, 0.25) is 0 Å². The number of anilines is 1. The van der Waals surface area contributed by atoms with Crippen LogP contribution in [0.25, 0.3) is 0 Å². The summed E-state index contributed by atoms with van der Waals surface area (Å²) in [6.45, 7) is 2.71. The molecule has 0 saturated carbocycles. The predicted molar refractivity (Wildman–Crippen MR) is 115 cm³/mol. The normalized spacial score (nSPS) is 11.0. The standard InChI is InChI=1S/C19H25N3O4S2/c1-4-21-28(23,24)16-8-6-15(7-9-16)22-19(27)20-12-11-14-5-10-17(25-2)18(13-14)26-3/h5-10,13,21H,4,11-12H2,1-3H3,(H2,20,22,27). The van der Waals surface area contributed by atoms with Crippen molar-refractivity contribution in [2.45, 2.75) is 18.2 Å². The minimum atomic E-state index is -3.46. The Morgan fingerprint density at radius 1 is 1.04 bits per heavy atom. The topological polar surface area (TPSA) is 88.7 Å². The average Bonchev–Trinajstić information content (AvgIpc) is 2.68. The number of hydrogen-bond donors (Lipinski definition) is 3. The molecular formula is C19H25N3O4S2. The number of sulfonamides is 1. The lowest BCUT2D eigenvalue weighted by atomic mass is 10.1. The van der Waals surface area contributed by atoms with Crippen molar-refractivity contribution in [2.24, 2.45) is 0 Å². The van der Waals surface area contributed by atoms with E-state index in [1.165, 1.54) is 12.1 Å². The monoisotopic (exact) mass is 423 g/mol. The number of hydrogen-bond acceptors (Lipinski definition) is 5. The summed E-state index contributed by atoms with van der Waals surface area (Å²) in [7, 11) is -0.249. The second-order valence-corrected chi connectivity index (χ2v) is 8.02. The molecule has 2 aromatic rings. The average molecular weight is 424 g/mol. The molecule has 2 rings (SSSR count). The van der Waals surface area contributed by atoms with Gasteiger partial charge in [-0.05, 0) is 60.6 Å². The molecule has 0 amide bonds. The summed E-state index contributed by atoms with van der Waals surface area (Å²) in [4.78, 5) is 0.215. The summed E-state index contributed by atoms with van der Waals surface area (Å²) in [6, 6.07) is 12.2. The zero-order chi connectivity index (χ0) is 20.6. The molecule has 0 aromatic heterocycles. The predicted octanol–water partition coefficient (Wildman–Crippen LogP) is 2.53. The molecule has 28 heavy (non-hydrogen) atoms. The molecule has 9 heteroatoms. The van der Waals surface area contributed by atoms with Crippen LogP contribution in [0.5, 0.6) is 11.5 Å². The first kappa shape index (κ1) is 21.9. The van der Waals surface area contributed by atoms with Crippen molar-refractivity contribution in [3.8, 4) is 11.5 Å². The molecule has 152 valence electrons. The van der Waals surface area contributed by atoms with Crippen LogP contribution in [0.1, 0.15) is 12.5 Å². The van der Waals surface area contributed by atoms with Crippen molar-refractivity contribution in [3.05, 3.63) is 48.0 Å². The molecule has 7 nitrogen and oxygen atoms in total. The van der Waals surface area contributed by atoms with E-state index < -0.39 is 10.0 Å². The summed E-state index contributed by atoms with van der Waals surface area (Å²) < 4.78 is 36.9. The minimum Gasteiger partial charge on any atom is -0.493 e.